The van der Waals surface area contributed by atoms with Gasteiger partial charge in [-0.25, -0.2) is 0 Å². The van der Waals surface area contributed by atoms with Crippen molar-refractivity contribution in [3.05, 3.63) is 19.7 Å². The van der Waals surface area contributed by atoms with E-state index in [9.17, 15) is 0 Å². The zero-order chi connectivity index (χ0) is 5.98. The molecule has 1 fully saturated rings. The van der Waals surface area contributed by atoms with Gasteiger partial charge in [-0.2, -0.15) is 0 Å². The highest BCUT2D eigenvalue weighted by molar-refractivity contribution is 4.91. The number of rotatable bonds is 1. The smallest absolute Gasteiger partial charge is 0.000113 e. The standard InChI is InChI=1S/C7H12N/c1-3-7-5-4-6-8(7)2/h3,7H,1-2,4-6H2/q-1/t7-/m1/s1. The fourth-order valence-corrected chi connectivity index (χ4v) is 1.12. The first-order valence-electron chi connectivity index (χ1n) is 3.04. The van der Waals surface area contributed by atoms with Gasteiger partial charge in [-0.1, -0.05) is 6.08 Å². The molecule has 0 saturated carbocycles. The molecule has 0 aliphatic carbocycles. The molecular weight excluding hydrogens is 98.1 g/mol. The zero-order valence-electron chi connectivity index (χ0n) is 5.14. The molecule has 1 aliphatic rings. The Bertz CT molecular complexity index is 88.4. The molecule has 1 heteroatoms. The predicted octanol–water partition coefficient (Wildman–Crippen LogP) is 1.43. The van der Waals surface area contributed by atoms with Crippen molar-refractivity contribution in [3.8, 4) is 0 Å². The van der Waals surface area contributed by atoms with Crippen LogP contribution < -0.4 is 0 Å². The molecular formula is C7H12N-. The highest BCUT2D eigenvalue weighted by atomic mass is 15.1. The van der Waals surface area contributed by atoms with Crippen LogP contribution in [0, 0.1) is 7.05 Å². The summed E-state index contributed by atoms with van der Waals surface area (Å²) in [6.07, 6.45) is 4.49. The molecule has 1 atom stereocenters. The molecule has 0 bridgehead atoms. The van der Waals surface area contributed by atoms with Crippen molar-refractivity contribution in [2.45, 2.75) is 18.9 Å². The van der Waals surface area contributed by atoms with Gasteiger partial charge in [0.15, 0.2) is 0 Å². The Kier molecular flexibility index (Phi) is 1.69. The summed E-state index contributed by atoms with van der Waals surface area (Å²) in [7, 11) is 3.85. The lowest BCUT2D eigenvalue weighted by Gasteiger charge is -2.23. The predicted molar refractivity (Wildman–Crippen MR) is 35.3 cm³/mol. The van der Waals surface area contributed by atoms with E-state index in [2.05, 4.69) is 18.5 Å². The second kappa shape index (κ2) is 2.31. The minimum atomic E-state index is 0.551. The van der Waals surface area contributed by atoms with Crippen LogP contribution in [0.2, 0.25) is 0 Å². The third kappa shape index (κ3) is 0.920. The molecule has 0 spiro atoms. The molecule has 46 valence electrons. The van der Waals surface area contributed by atoms with Gasteiger partial charge in [0.25, 0.3) is 0 Å². The molecule has 1 nitrogen and oxygen atoms in total. The van der Waals surface area contributed by atoms with Crippen molar-refractivity contribution in [1.82, 2.24) is 4.90 Å². The van der Waals surface area contributed by atoms with Crippen LogP contribution >= 0.6 is 0 Å². The van der Waals surface area contributed by atoms with Crippen LogP contribution in [0.4, 0.5) is 0 Å². The Hall–Kier alpha value is -0.300. The van der Waals surface area contributed by atoms with E-state index in [1.807, 2.05) is 6.08 Å². The maximum absolute atomic E-state index is 3.85. The van der Waals surface area contributed by atoms with Gasteiger partial charge >= 0.3 is 0 Å². The van der Waals surface area contributed by atoms with Gasteiger partial charge in [-0.3, -0.25) is 7.05 Å². The third-order valence-electron chi connectivity index (χ3n) is 1.69. The van der Waals surface area contributed by atoms with Crippen molar-refractivity contribution in [1.29, 1.82) is 0 Å². The molecule has 1 saturated heterocycles. The summed E-state index contributed by atoms with van der Waals surface area (Å²) in [6.45, 7) is 4.85. The normalized spacial score (nSPS) is 30.9. The van der Waals surface area contributed by atoms with E-state index in [-0.39, 0.29) is 0 Å². The van der Waals surface area contributed by atoms with Crippen LogP contribution in [0.1, 0.15) is 12.8 Å². The molecule has 0 aromatic carbocycles. The first-order chi connectivity index (χ1) is 3.84. The summed E-state index contributed by atoms with van der Waals surface area (Å²) in [5, 5.41) is 0. The fourth-order valence-electron chi connectivity index (χ4n) is 1.12. The van der Waals surface area contributed by atoms with Crippen LogP contribution in [0.5, 0.6) is 0 Å². The first-order valence-corrected chi connectivity index (χ1v) is 3.04. The zero-order valence-corrected chi connectivity index (χ0v) is 5.14. The summed E-state index contributed by atoms with van der Waals surface area (Å²) in [6, 6.07) is 0.551. The lowest BCUT2D eigenvalue weighted by molar-refractivity contribution is 0.396. The summed E-state index contributed by atoms with van der Waals surface area (Å²) < 4.78 is 0. The number of hydrogen-bond acceptors (Lipinski definition) is 1. The first kappa shape index (κ1) is 5.83. The van der Waals surface area contributed by atoms with Crippen molar-refractivity contribution < 1.29 is 0 Å². The highest BCUT2D eigenvalue weighted by Gasteiger charge is 2.11. The largest absolute Gasteiger partial charge is 0.453 e. The Balaban J connectivity index is 2.41. The molecule has 0 N–H and O–H groups in total. The molecule has 0 aromatic heterocycles. The molecule has 0 amide bonds. The molecule has 0 unspecified atom stereocenters. The highest BCUT2D eigenvalue weighted by Crippen LogP contribution is 2.15. The summed E-state index contributed by atoms with van der Waals surface area (Å²) in [5.74, 6) is 0. The van der Waals surface area contributed by atoms with Crippen molar-refractivity contribution in [3.63, 3.8) is 0 Å². The minimum Gasteiger partial charge on any atom is -0.453 e. The van der Waals surface area contributed by atoms with Gasteiger partial charge < -0.3 is 4.90 Å². The number of hydrogen-bond donors (Lipinski definition) is 0. The SMILES string of the molecule is C=C[C@@H]1CCCN1[CH2-]. The average Bonchev–Trinajstić information content (AvgIpc) is 2.14. The Morgan fingerprint density at radius 1 is 1.75 bits per heavy atom. The van der Waals surface area contributed by atoms with Gasteiger partial charge in [0.2, 0.25) is 0 Å². The molecule has 0 aromatic rings. The van der Waals surface area contributed by atoms with Gasteiger partial charge in [0.05, 0.1) is 0 Å². The Morgan fingerprint density at radius 2 is 2.50 bits per heavy atom. The van der Waals surface area contributed by atoms with Crippen LogP contribution in [-0.2, 0) is 0 Å². The molecule has 1 heterocycles. The second-order valence-corrected chi connectivity index (χ2v) is 2.26. The molecule has 1 rings (SSSR count). The monoisotopic (exact) mass is 110 g/mol. The van der Waals surface area contributed by atoms with Crippen LogP contribution in [0.25, 0.3) is 0 Å². The van der Waals surface area contributed by atoms with Crippen LogP contribution in [0.15, 0.2) is 12.7 Å². The third-order valence-corrected chi connectivity index (χ3v) is 1.69. The van der Waals surface area contributed by atoms with E-state index in [1.54, 1.807) is 0 Å². The minimum absolute atomic E-state index is 0.551. The maximum atomic E-state index is 3.85. The van der Waals surface area contributed by atoms with Gasteiger partial charge in [-0.05, 0) is 25.4 Å². The van der Waals surface area contributed by atoms with Gasteiger partial charge in [-0.15, -0.1) is 6.58 Å². The maximum Gasteiger partial charge on any atom is -0.000113 e. The Morgan fingerprint density at radius 3 is 2.75 bits per heavy atom. The Labute approximate surface area is 51.0 Å². The topological polar surface area (TPSA) is 3.24 Å². The summed E-state index contributed by atoms with van der Waals surface area (Å²) in [5.41, 5.74) is 0. The van der Waals surface area contributed by atoms with E-state index in [0.717, 1.165) is 6.54 Å². The lowest BCUT2D eigenvalue weighted by Crippen LogP contribution is -2.19. The van der Waals surface area contributed by atoms with E-state index < -0.39 is 0 Å². The molecule has 8 heavy (non-hydrogen) atoms. The van der Waals surface area contributed by atoms with E-state index in [1.165, 1.54) is 12.8 Å². The quantitative estimate of drug-likeness (QED) is 0.364. The van der Waals surface area contributed by atoms with E-state index in [0.29, 0.717) is 6.04 Å². The summed E-state index contributed by atoms with van der Waals surface area (Å²) >= 11 is 0. The van der Waals surface area contributed by atoms with Crippen molar-refractivity contribution >= 4 is 0 Å². The van der Waals surface area contributed by atoms with Crippen molar-refractivity contribution in [2.24, 2.45) is 0 Å². The number of likely N-dealkylation sites (tertiary alicyclic amines) is 1. The van der Waals surface area contributed by atoms with Gasteiger partial charge in [0, 0.05) is 0 Å². The summed E-state index contributed by atoms with van der Waals surface area (Å²) in [4.78, 5) is 2.09. The van der Waals surface area contributed by atoms with Crippen molar-refractivity contribution in [2.75, 3.05) is 6.54 Å². The fraction of sp³-hybridized carbons (Fsp3) is 0.571. The van der Waals surface area contributed by atoms with E-state index >= 15 is 0 Å². The molecule has 1 aliphatic heterocycles. The number of nitrogens with zero attached hydrogens (tertiary/aromatic N) is 1. The lowest BCUT2D eigenvalue weighted by atomic mass is 10.2. The second-order valence-electron chi connectivity index (χ2n) is 2.26. The van der Waals surface area contributed by atoms with E-state index in [4.69, 9.17) is 0 Å². The average molecular weight is 110 g/mol. The van der Waals surface area contributed by atoms with Crippen LogP contribution in [-0.4, -0.2) is 17.5 Å². The van der Waals surface area contributed by atoms with Crippen LogP contribution in [0.3, 0.4) is 0 Å². The molecule has 0 radical (unpaired) electrons. The van der Waals surface area contributed by atoms with Gasteiger partial charge in [0.1, 0.15) is 0 Å².